The average molecular weight is 202 g/mol. The van der Waals surface area contributed by atoms with Crippen LogP contribution in [-0.4, -0.2) is 15.3 Å². The van der Waals surface area contributed by atoms with Crippen molar-refractivity contribution >= 4 is 0 Å². The molecule has 0 fully saturated rings. The minimum Gasteiger partial charge on any atom is -0.392 e. The second-order valence-electron chi connectivity index (χ2n) is 3.73. The minimum atomic E-state index is 0.0127. The predicted molar refractivity (Wildman–Crippen MR) is 59.4 cm³/mol. The summed E-state index contributed by atoms with van der Waals surface area (Å²) in [5.74, 6) is 0. The lowest BCUT2D eigenvalue weighted by molar-refractivity contribution is 0.282. The van der Waals surface area contributed by atoms with Gasteiger partial charge in [0.2, 0.25) is 0 Å². The summed E-state index contributed by atoms with van der Waals surface area (Å²) < 4.78 is 0. The van der Waals surface area contributed by atoms with Gasteiger partial charge >= 0.3 is 0 Å². The smallest absolute Gasteiger partial charge is 0.0718 e. The molecular formula is C12H14N2O. The van der Waals surface area contributed by atoms with Crippen molar-refractivity contribution in [3.05, 3.63) is 41.1 Å². The fraction of sp³-hybridized carbons (Fsp3) is 0.250. The second kappa shape index (κ2) is 3.87. The highest BCUT2D eigenvalue weighted by Gasteiger charge is 2.06. The third-order valence-electron chi connectivity index (χ3n) is 2.68. The number of aliphatic hydroxyl groups excluding tert-OH is 1. The molecule has 2 aromatic rings. The van der Waals surface area contributed by atoms with Gasteiger partial charge in [0.25, 0.3) is 0 Å². The highest BCUT2D eigenvalue weighted by atomic mass is 16.3. The van der Waals surface area contributed by atoms with Crippen LogP contribution in [0.5, 0.6) is 0 Å². The molecule has 15 heavy (non-hydrogen) atoms. The van der Waals surface area contributed by atoms with E-state index in [0.29, 0.717) is 0 Å². The summed E-state index contributed by atoms with van der Waals surface area (Å²) in [6, 6.07) is 6.21. The van der Waals surface area contributed by atoms with Crippen molar-refractivity contribution in [1.82, 2.24) is 10.2 Å². The second-order valence-corrected chi connectivity index (χ2v) is 3.73. The van der Waals surface area contributed by atoms with Crippen molar-refractivity contribution in [3.63, 3.8) is 0 Å². The van der Waals surface area contributed by atoms with Gasteiger partial charge in [-0.15, -0.1) is 0 Å². The largest absolute Gasteiger partial charge is 0.392 e. The van der Waals surface area contributed by atoms with E-state index in [0.717, 1.165) is 16.8 Å². The number of aromatic nitrogens is 2. The van der Waals surface area contributed by atoms with Crippen molar-refractivity contribution in [2.24, 2.45) is 0 Å². The Morgan fingerprint density at radius 2 is 2.07 bits per heavy atom. The summed E-state index contributed by atoms with van der Waals surface area (Å²) in [7, 11) is 0. The number of hydrogen-bond donors (Lipinski definition) is 2. The van der Waals surface area contributed by atoms with Crippen LogP contribution in [0, 0.1) is 13.8 Å². The molecule has 3 nitrogen and oxygen atoms in total. The summed E-state index contributed by atoms with van der Waals surface area (Å²) in [5.41, 5.74) is 5.31. The molecule has 0 aliphatic carbocycles. The van der Waals surface area contributed by atoms with Gasteiger partial charge in [0, 0.05) is 11.1 Å². The quantitative estimate of drug-likeness (QED) is 0.784. The first-order valence-electron chi connectivity index (χ1n) is 4.93. The standard InChI is InChI=1S/C12H14N2O/c1-8-3-4-10(5-9(8)2)12-11(7-15)6-13-14-12/h3-6,15H,7H2,1-2H3,(H,13,14). The molecule has 78 valence electrons. The molecule has 0 saturated carbocycles. The maximum absolute atomic E-state index is 9.13. The van der Waals surface area contributed by atoms with Crippen LogP contribution in [0.25, 0.3) is 11.3 Å². The first-order chi connectivity index (χ1) is 7.22. The first kappa shape index (κ1) is 9.93. The van der Waals surface area contributed by atoms with Crippen LogP contribution in [0.2, 0.25) is 0 Å². The number of aliphatic hydroxyl groups is 1. The molecule has 0 radical (unpaired) electrons. The number of nitrogens with zero attached hydrogens (tertiary/aromatic N) is 1. The van der Waals surface area contributed by atoms with Crippen LogP contribution in [0.15, 0.2) is 24.4 Å². The van der Waals surface area contributed by atoms with E-state index in [-0.39, 0.29) is 6.61 Å². The van der Waals surface area contributed by atoms with E-state index in [1.807, 2.05) is 6.07 Å². The minimum absolute atomic E-state index is 0.0127. The molecule has 2 N–H and O–H groups in total. The maximum Gasteiger partial charge on any atom is 0.0718 e. The third-order valence-corrected chi connectivity index (χ3v) is 2.68. The summed E-state index contributed by atoms with van der Waals surface area (Å²) in [6.07, 6.45) is 1.66. The Balaban J connectivity index is 2.50. The van der Waals surface area contributed by atoms with Crippen LogP contribution < -0.4 is 0 Å². The highest BCUT2D eigenvalue weighted by molar-refractivity contribution is 5.63. The fourth-order valence-electron chi connectivity index (χ4n) is 1.58. The van der Waals surface area contributed by atoms with Gasteiger partial charge in [0.05, 0.1) is 18.5 Å². The van der Waals surface area contributed by atoms with Crippen LogP contribution in [0.3, 0.4) is 0 Å². The van der Waals surface area contributed by atoms with E-state index in [4.69, 9.17) is 5.11 Å². The lowest BCUT2D eigenvalue weighted by Gasteiger charge is -2.04. The van der Waals surface area contributed by atoms with Crippen molar-refractivity contribution in [1.29, 1.82) is 0 Å². The molecule has 1 heterocycles. The maximum atomic E-state index is 9.13. The first-order valence-corrected chi connectivity index (χ1v) is 4.93. The van der Waals surface area contributed by atoms with Crippen molar-refractivity contribution in [3.8, 4) is 11.3 Å². The Morgan fingerprint density at radius 3 is 2.73 bits per heavy atom. The van der Waals surface area contributed by atoms with Crippen molar-refractivity contribution in [2.75, 3.05) is 0 Å². The van der Waals surface area contributed by atoms with Gasteiger partial charge in [0.15, 0.2) is 0 Å². The molecule has 1 aromatic heterocycles. The molecule has 0 atom stereocenters. The third kappa shape index (κ3) is 1.78. The molecule has 0 unspecified atom stereocenters. The molecule has 3 heteroatoms. The number of benzene rings is 1. The molecule has 0 aliphatic heterocycles. The Hall–Kier alpha value is -1.61. The van der Waals surface area contributed by atoms with E-state index in [9.17, 15) is 0 Å². The van der Waals surface area contributed by atoms with Crippen LogP contribution in [0.4, 0.5) is 0 Å². The lowest BCUT2D eigenvalue weighted by atomic mass is 10.0. The zero-order valence-electron chi connectivity index (χ0n) is 8.91. The van der Waals surface area contributed by atoms with Crippen molar-refractivity contribution in [2.45, 2.75) is 20.5 Å². The molecule has 1 aromatic carbocycles. The summed E-state index contributed by atoms with van der Waals surface area (Å²) in [6.45, 7) is 4.17. The Morgan fingerprint density at radius 1 is 1.27 bits per heavy atom. The molecule has 0 aliphatic rings. The average Bonchev–Trinajstić information content (AvgIpc) is 2.70. The monoisotopic (exact) mass is 202 g/mol. The Kier molecular flexibility index (Phi) is 2.56. The number of rotatable bonds is 2. The lowest BCUT2D eigenvalue weighted by Crippen LogP contribution is -1.88. The molecule has 0 bridgehead atoms. The highest BCUT2D eigenvalue weighted by Crippen LogP contribution is 2.23. The Labute approximate surface area is 88.8 Å². The van der Waals surface area contributed by atoms with Gasteiger partial charge in [0.1, 0.15) is 0 Å². The van der Waals surface area contributed by atoms with E-state index in [1.165, 1.54) is 11.1 Å². The number of hydrogen-bond acceptors (Lipinski definition) is 2. The van der Waals surface area contributed by atoms with Gasteiger partial charge in [-0.05, 0) is 31.0 Å². The number of aromatic amines is 1. The summed E-state index contributed by atoms with van der Waals surface area (Å²) in [4.78, 5) is 0. The van der Waals surface area contributed by atoms with Gasteiger partial charge in [-0.1, -0.05) is 12.1 Å². The molecule has 0 saturated heterocycles. The molecular weight excluding hydrogens is 188 g/mol. The fourth-order valence-corrected chi connectivity index (χ4v) is 1.58. The topological polar surface area (TPSA) is 48.9 Å². The van der Waals surface area contributed by atoms with E-state index in [2.05, 4.69) is 36.2 Å². The van der Waals surface area contributed by atoms with E-state index >= 15 is 0 Å². The number of H-pyrrole nitrogens is 1. The molecule has 0 spiro atoms. The van der Waals surface area contributed by atoms with Crippen molar-refractivity contribution < 1.29 is 5.11 Å². The van der Waals surface area contributed by atoms with Gasteiger partial charge < -0.3 is 5.11 Å². The van der Waals surface area contributed by atoms with E-state index in [1.54, 1.807) is 6.20 Å². The number of nitrogens with one attached hydrogen (secondary N) is 1. The zero-order chi connectivity index (χ0) is 10.8. The zero-order valence-corrected chi connectivity index (χ0v) is 8.91. The Bertz CT molecular complexity index is 474. The summed E-state index contributed by atoms with van der Waals surface area (Å²) in [5, 5.41) is 16.0. The van der Waals surface area contributed by atoms with Crippen LogP contribution in [-0.2, 0) is 6.61 Å². The van der Waals surface area contributed by atoms with Gasteiger partial charge in [-0.25, -0.2) is 0 Å². The number of aryl methyl sites for hydroxylation is 2. The molecule has 0 amide bonds. The van der Waals surface area contributed by atoms with Gasteiger partial charge in [-0.3, -0.25) is 5.10 Å². The van der Waals surface area contributed by atoms with Gasteiger partial charge in [-0.2, -0.15) is 5.10 Å². The SMILES string of the molecule is Cc1ccc(-c2[nH]ncc2CO)cc1C. The van der Waals surface area contributed by atoms with E-state index < -0.39 is 0 Å². The summed E-state index contributed by atoms with van der Waals surface area (Å²) >= 11 is 0. The van der Waals surface area contributed by atoms with Crippen LogP contribution in [0.1, 0.15) is 16.7 Å². The van der Waals surface area contributed by atoms with Crippen LogP contribution >= 0.6 is 0 Å². The predicted octanol–water partition coefficient (Wildman–Crippen LogP) is 2.19. The normalized spacial score (nSPS) is 10.6. The molecule has 2 rings (SSSR count).